The summed E-state index contributed by atoms with van der Waals surface area (Å²) in [7, 11) is 1.25. The molecule has 0 heterocycles. The number of halogens is 3. The zero-order valence-corrected chi connectivity index (χ0v) is 17.1. The van der Waals surface area contributed by atoms with E-state index in [0.717, 1.165) is 0 Å². The number of ether oxygens (including phenoxy) is 1. The van der Waals surface area contributed by atoms with Gasteiger partial charge < -0.3 is 14.7 Å². The summed E-state index contributed by atoms with van der Waals surface area (Å²) in [6.07, 6.45) is 1.29. The van der Waals surface area contributed by atoms with Crippen LogP contribution in [-0.2, 0) is 10.3 Å². The molecule has 0 spiro atoms. The van der Waals surface area contributed by atoms with Crippen LogP contribution in [0.15, 0.2) is 55.1 Å². The van der Waals surface area contributed by atoms with Gasteiger partial charge >= 0.3 is 6.09 Å². The molecule has 0 saturated carbocycles. The van der Waals surface area contributed by atoms with Gasteiger partial charge in [-0.05, 0) is 55.2 Å². The fourth-order valence-electron chi connectivity index (χ4n) is 3.18. The Labute approximate surface area is 174 Å². The van der Waals surface area contributed by atoms with E-state index in [0.29, 0.717) is 11.1 Å². The van der Waals surface area contributed by atoms with E-state index in [1.807, 2.05) is 0 Å². The molecule has 1 unspecified atom stereocenters. The summed E-state index contributed by atoms with van der Waals surface area (Å²) in [5, 5.41) is 11.1. The largest absolute Gasteiger partial charge is 0.453 e. The van der Waals surface area contributed by atoms with Gasteiger partial charge in [0.15, 0.2) is 0 Å². The van der Waals surface area contributed by atoms with Gasteiger partial charge in [-0.15, -0.1) is 6.58 Å². The van der Waals surface area contributed by atoms with E-state index in [2.05, 4.69) is 6.58 Å². The molecular formula is C22H24ClF2NO3. The Morgan fingerprint density at radius 3 is 2.52 bits per heavy atom. The van der Waals surface area contributed by atoms with Crippen molar-refractivity contribution >= 4 is 17.7 Å². The van der Waals surface area contributed by atoms with E-state index >= 15 is 0 Å². The van der Waals surface area contributed by atoms with Crippen LogP contribution < -0.4 is 0 Å². The Morgan fingerprint density at radius 1 is 1.31 bits per heavy atom. The standard InChI is InChI=1S/C22H24ClF2NO3/c1-4-11-22(28,17-6-8-18(24)9-7-17)12-13-26(21(27)29-3)15(2)16-5-10-19(23)20(25)14-16/h4-10,14-15,28H,1,11-13H2,2-3H3/t15-,22?/m0/s1. The van der Waals surface area contributed by atoms with Crippen LogP contribution in [0.1, 0.15) is 36.9 Å². The van der Waals surface area contributed by atoms with Gasteiger partial charge in [0, 0.05) is 6.54 Å². The SMILES string of the molecule is C=CCC(O)(CCN(C(=O)OC)[C@@H](C)c1ccc(Cl)c(F)c1)c1ccc(F)cc1. The molecule has 4 nitrogen and oxygen atoms in total. The molecule has 2 rings (SSSR count). The lowest BCUT2D eigenvalue weighted by atomic mass is 9.87. The van der Waals surface area contributed by atoms with E-state index in [1.54, 1.807) is 19.1 Å². The molecule has 0 aliphatic heterocycles. The highest BCUT2D eigenvalue weighted by Gasteiger charge is 2.31. The number of rotatable bonds is 8. The minimum atomic E-state index is -1.35. The first kappa shape index (κ1) is 22.8. The molecule has 0 aliphatic carbocycles. The maximum Gasteiger partial charge on any atom is 0.409 e. The van der Waals surface area contributed by atoms with Gasteiger partial charge in [-0.3, -0.25) is 0 Å². The Kier molecular flexibility index (Phi) is 7.76. The topological polar surface area (TPSA) is 49.8 Å². The summed E-state index contributed by atoms with van der Waals surface area (Å²) in [5.41, 5.74) is -0.313. The summed E-state index contributed by atoms with van der Waals surface area (Å²) < 4.78 is 32.0. The zero-order valence-electron chi connectivity index (χ0n) is 16.4. The lowest BCUT2D eigenvalue weighted by Crippen LogP contribution is -2.38. The highest BCUT2D eigenvalue weighted by molar-refractivity contribution is 6.30. The minimum absolute atomic E-state index is 0.0118. The maximum absolute atomic E-state index is 13.9. The first-order valence-electron chi connectivity index (χ1n) is 9.10. The van der Waals surface area contributed by atoms with Crippen LogP contribution in [0.2, 0.25) is 5.02 Å². The molecule has 1 amide bonds. The Balaban J connectivity index is 2.28. The number of amides is 1. The zero-order chi connectivity index (χ0) is 21.6. The fraction of sp³-hybridized carbons (Fsp3) is 0.318. The van der Waals surface area contributed by atoms with Gasteiger partial charge in [0.05, 0.1) is 23.8 Å². The molecule has 29 heavy (non-hydrogen) atoms. The third-order valence-corrected chi connectivity index (χ3v) is 5.24. The number of hydrogen-bond donors (Lipinski definition) is 1. The predicted molar refractivity (Wildman–Crippen MR) is 109 cm³/mol. The lowest BCUT2D eigenvalue weighted by molar-refractivity contribution is 0.0158. The number of carbonyl (C=O) groups is 1. The molecule has 2 atom stereocenters. The molecule has 0 fully saturated rings. The number of aliphatic hydroxyl groups is 1. The predicted octanol–water partition coefficient (Wildman–Crippen LogP) is 5.60. The van der Waals surface area contributed by atoms with Crippen LogP contribution in [0, 0.1) is 11.6 Å². The molecule has 0 aliphatic rings. The summed E-state index contributed by atoms with van der Waals surface area (Å²) in [4.78, 5) is 13.8. The van der Waals surface area contributed by atoms with Gasteiger partial charge in [0.2, 0.25) is 0 Å². The summed E-state index contributed by atoms with van der Waals surface area (Å²) in [6, 6.07) is 9.31. The summed E-state index contributed by atoms with van der Waals surface area (Å²) in [5.74, 6) is -1.00. The van der Waals surface area contributed by atoms with E-state index in [-0.39, 0.29) is 24.4 Å². The second-order valence-corrected chi connectivity index (χ2v) is 7.20. The van der Waals surface area contributed by atoms with Crippen molar-refractivity contribution < 1.29 is 23.4 Å². The molecule has 2 aromatic rings. The smallest absolute Gasteiger partial charge is 0.409 e. The van der Waals surface area contributed by atoms with E-state index in [1.165, 1.54) is 48.4 Å². The Hall–Kier alpha value is -2.44. The van der Waals surface area contributed by atoms with Crippen molar-refractivity contribution in [3.63, 3.8) is 0 Å². The quantitative estimate of drug-likeness (QED) is 0.562. The molecular weight excluding hydrogens is 400 g/mol. The highest BCUT2D eigenvalue weighted by Crippen LogP contribution is 2.32. The van der Waals surface area contributed by atoms with Crippen molar-refractivity contribution in [1.29, 1.82) is 0 Å². The number of benzene rings is 2. The van der Waals surface area contributed by atoms with E-state index in [9.17, 15) is 18.7 Å². The average molecular weight is 424 g/mol. The Morgan fingerprint density at radius 2 is 1.97 bits per heavy atom. The van der Waals surface area contributed by atoms with Crippen molar-refractivity contribution in [2.24, 2.45) is 0 Å². The van der Waals surface area contributed by atoms with Crippen molar-refractivity contribution in [1.82, 2.24) is 4.90 Å². The summed E-state index contributed by atoms with van der Waals surface area (Å²) >= 11 is 5.74. The second-order valence-electron chi connectivity index (χ2n) is 6.79. The van der Waals surface area contributed by atoms with Gasteiger partial charge in [0.1, 0.15) is 11.6 Å². The monoisotopic (exact) mass is 423 g/mol. The molecule has 0 aromatic heterocycles. The first-order valence-corrected chi connectivity index (χ1v) is 9.48. The highest BCUT2D eigenvalue weighted by atomic mass is 35.5. The maximum atomic E-state index is 13.9. The van der Waals surface area contributed by atoms with Crippen molar-refractivity contribution in [2.45, 2.75) is 31.4 Å². The molecule has 0 saturated heterocycles. The fourth-order valence-corrected chi connectivity index (χ4v) is 3.30. The molecule has 0 radical (unpaired) electrons. The second kappa shape index (κ2) is 9.85. The van der Waals surface area contributed by atoms with Gasteiger partial charge in [-0.1, -0.05) is 35.9 Å². The number of carbonyl (C=O) groups excluding carboxylic acids is 1. The van der Waals surface area contributed by atoms with Crippen molar-refractivity contribution in [3.05, 3.63) is 82.9 Å². The van der Waals surface area contributed by atoms with Crippen LogP contribution in [0.3, 0.4) is 0 Å². The minimum Gasteiger partial charge on any atom is -0.453 e. The van der Waals surface area contributed by atoms with Crippen LogP contribution in [0.4, 0.5) is 13.6 Å². The van der Waals surface area contributed by atoms with Crippen LogP contribution in [0.5, 0.6) is 0 Å². The number of hydrogen-bond acceptors (Lipinski definition) is 3. The first-order chi connectivity index (χ1) is 13.7. The van der Waals surface area contributed by atoms with Gasteiger partial charge in [-0.2, -0.15) is 0 Å². The van der Waals surface area contributed by atoms with E-state index in [4.69, 9.17) is 16.3 Å². The van der Waals surface area contributed by atoms with Crippen LogP contribution >= 0.6 is 11.6 Å². The molecule has 7 heteroatoms. The third-order valence-electron chi connectivity index (χ3n) is 4.93. The third kappa shape index (κ3) is 5.55. The summed E-state index contributed by atoms with van der Waals surface area (Å²) in [6.45, 7) is 5.51. The van der Waals surface area contributed by atoms with Crippen LogP contribution in [0.25, 0.3) is 0 Å². The normalized spacial score (nSPS) is 14.0. The van der Waals surface area contributed by atoms with Gasteiger partial charge in [-0.25, -0.2) is 13.6 Å². The van der Waals surface area contributed by atoms with Crippen molar-refractivity contribution in [2.75, 3.05) is 13.7 Å². The van der Waals surface area contributed by atoms with Crippen LogP contribution in [-0.4, -0.2) is 29.8 Å². The Bertz CT molecular complexity index is 860. The lowest BCUT2D eigenvalue weighted by Gasteiger charge is -2.33. The average Bonchev–Trinajstić information content (AvgIpc) is 2.70. The van der Waals surface area contributed by atoms with Crippen molar-refractivity contribution in [3.8, 4) is 0 Å². The number of nitrogens with zero attached hydrogens (tertiary/aromatic N) is 1. The molecule has 2 aromatic carbocycles. The van der Waals surface area contributed by atoms with E-state index < -0.39 is 29.4 Å². The molecule has 156 valence electrons. The van der Waals surface area contributed by atoms with Gasteiger partial charge in [0.25, 0.3) is 0 Å². The molecule has 0 bridgehead atoms. The molecule has 1 N–H and O–H groups in total. The number of methoxy groups -OCH3 is 1.